The van der Waals surface area contributed by atoms with E-state index in [1.54, 1.807) is 0 Å². The third-order valence-electron chi connectivity index (χ3n) is 2.77. The van der Waals surface area contributed by atoms with Gasteiger partial charge in [0.1, 0.15) is 0 Å². The van der Waals surface area contributed by atoms with Crippen LogP contribution >= 0.6 is 11.3 Å². The largest absolute Gasteiger partial charge is 0.341 e. The normalized spacial score (nSPS) is 20.5. The van der Waals surface area contributed by atoms with E-state index in [1.165, 1.54) is 17.8 Å². The van der Waals surface area contributed by atoms with E-state index in [1.807, 2.05) is 29.5 Å². The van der Waals surface area contributed by atoms with E-state index in [9.17, 15) is 4.79 Å². The van der Waals surface area contributed by atoms with Crippen LogP contribution in [0, 0.1) is 5.92 Å². The summed E-state index contributed by atoms with van der Waals surface area (Å²) < 4.78 is 0. The highest BCUT2D eigenvalue weighted by Gasteiger charge is 2.20. The van der Waals surface area contributed by atoms with Crippen LogP contribution in [0.25, 0.3) is 0 Å². The maximum absolute atomic E-state index is 11.9. The van der Waals surface area contributed by atoms with Crippen LogP contribution in [0.2, 0.25) is 0 Å². The van der Waals surface area contributed by atoms with Crippen LogP contribution in [0.1, 0.15) is 16.1 Å². The van der Waals surface area contributed by atoms with Gasteiger partial charge in [0, 0.05) is 13.6 Å². The van der Waals surface area contributed by atoms with Crippen molar-refractivity contribution in [1.82, 2.24) is 10.2 Å². The van der Waals surface area contributed by atoms with Gasteiger partial charge < -0.3 is 10.2 Å². The van der Waals surface area contributed by atoms with Crippen LogP contribution < -0.4 is 5.32 Å². The Kier molecular flexibility index (Phi) is 3.38. The molecule has 1 amide bonds. The van der Waals surface area contributed by atoms with Crippen molar-refractivity contribution in [1.29, 1.82) is 0 Å². The van der Waals surface area contributed by atoms with Gasteiger partial charge in [0.05, 0.1) is 4.88 Å². The Morgan fingerprint density at radius 3 is 3.20 bits per heavy atom. The van der Waals surface area contributed by atoms with Crippen molar-refractivity contribution in [2.24, 2.45) is 5.92 Å². The topological polar surface area (TPSA) is 32.3 Å². The lowest BCUT2D eigenvalue weighted by atomic mass is 10.1. The van der Waals surface area contributed by atoms with Crippen molar-refractivity contribution in [2.45, 2.75) is 6.42 Å². The average molecular weight is 224 g/mol. The Morgan fingerprint density at radius 2 is 2.60 bits per heavy atom. The zero-order valence-corrected chi connectivity index (χ0v) is 9.72. The SMILES string of the molecule is CN(C[C@@H]1CCNC1)C(=O)c1cccs1. The number of nitrogens with one attached hydrogen (secondary N) is 1. The monoisotopic (exact) mass is 224 g/mol. The summed E-state index contributed by atoms with van der Waals surface area (Å²) in [5, 5.41) is 5.26. The molecule has 0 saturated carbocycles. The van der Waals surface area contributed by atoms with E-state index < -0.39 is 0 Å². The molecule has 1 aromatic heterocycles. The van der Waals surface area contributed by atoms with Crippen molar-refractivity contribution < 1.29 is 4.79 Å². The highest BCUT2D eigenvalue weighted by molar-refractivity contribution is 7.12. The Labute approximate surface area is 94.1 Å². The summed E-state index contributed by atoms with van der Waals surface area (Å²) >= 11 is 1.51. The van der Waals surface area contributed by atoms with Gasteiger partial charge in [-0.25, -0.2) is 0 Å². The first-order valence-electron chi connectivity index (χ1n) is 5.27. The molecule has 1 fully saturated rings. The molecule has 1 saturated heterocycles. The van der Waals surface area contributed by atoms with Crippen molar-refractivity contribution in [2.75, 3.05) is 26.7 Å². The fraction of sp³-hybridized carbons (Fsp3) is 0.545. The van der Waals surface area contributed by atoms with Crippen LogP contribution in [0.5, 0.6) is 0 Å². The van der Waals surface area contributed by atoms with Gasteiger partial charge >= 0.3 is 0 Å². The third-order valence-corrected chi connectivity index (χ3v) is 3.63. The molecule has 0 spiro atoms. The summed E-state index contributed by atoms with van der Waals surface area (Å²) in [4.78, 5) is 14.6. The molecular weight excluding hydrogens is 208 g/mol. The lowest BCUT2D eigenvalue weighted by molar-refractivity contribution is 0.0781. The smallest absolute Gasteiger partial charge is 0.263 e. The molecule has 2 rings (SSSR count). The minimum atomic E-state index is 0.150. The lowest BCUT2D eigenvalue weighted by Gasteiger charge is -2.19. The van der Waals surface area contributed by atoms with E-state index in [0.717, 1.165) is 24.5 Å². The molecule has 0 radical (unpaired) electrons. The predicted molar refractivity (Wildman–Crippen MR) is 62.3 cm³/mol. The molecule has 1 N–H and O–H groups in total. The minimum absolute atomic E-state index is 0.150. The molecule has 1 atom stereocenters. The Balaban J connectivity index is 1.90. The van der Waals surface area contributed by atoms with E-state index in [4.69, 9.17) is 0 Å². The molecule has 2 heterocycles. The molecule has 82 valence electrons. The second-order valence-electron chi connectivity index (χ2n) is 4.02. The highest BCUT2D eigenvalue weighted by atomic mass is 32.1. The first kappa shape index (κ1) is 10.6. The van der Waals surface area contributed by atoms with Crippen molar-refractivity contribution >= 4 is 17.2 Å². The van der Waals surface area contributed by atoms with Crippen molar-refractivity contribution in [3.8, 4) is 0 Å². The van der Waals surface area contributed by atoms with Crippen LogP contribution in [-0.2, 0) is 0 Å². The average Bonchev–Trinajstić information content (AvgIpc) is 2.88. The van der Waals surface area contributed by atoms with Gasteiger partial charge in [0.15, 0.2) is 0 Å². The van der Waals surface area contributed by atoms with Gasteiger partial charge in [-0.2, -0.15) is 0 Å². The Hall–Kier alpha value is -0.870. The van der Waals surface area contributed by atoms with E-state index >= 15 is 0 Å². The molecule has 0 aromatic carbocycles. The van der Waals surface area contributed by atoms with Gasteiger partial charge in [0.25, 0.3) is 5.91 Å². The number of carbonyl (C=O) groups excluding carboxylic acids is 1. The zero-order chi connectivity index (χ0) is 10.7. The molecule has 1 aliphatic heterocycles. The summed E-state index contributed by atoms with van der Waals surface area (Å²) in [5.74, 6) is 0.774. The van der Waals surface area contributed by atoms with Gasteiger partial charge in [-0.05, 0) is 36.9 Å². The maximum Gasteiger partial charge on any atom is 0.263 e. The summed E-state index contributed by atoms with van der Waals surface area (Å²) in [5.41, 5.74) is 0. The number of nitrogens with zero attached hydrogens (tertiary/aromatic N) is 1. The molecule has 15 heavy (non-hydrogen) atoms. The Morgan fingerprint density at radius 1 is 1.73 bits per heavy atom. The first-order chi connectivity index (χ1) is 7.27. The van der Waals surface area contributed by atoms with E-state index in [2.05, 4.69) is 5.32 Å². The summed E-state index contributed by atoms with van der Waals surface area (Å²) in [6, 6.07) is 3.80. The van der Waals surface area contributed by atoms with Crippen LogP contribution in [-0.4, -0.2) is 37.5 Å². The molecule has 0 unspecified atom stereocenters. The standard InChI is InChI=1S/C11H16N2OS/c1-13(8-9-4-5-12-7-9)11(14)10-3-2-6-15-10/h2-3,6,9,12H,4-5,7-8H2,1H3/t9-/m1/s1. The van der Waals surface area contributed by atoms with Crippen LogP contribution in [0.4, 0.5) is 0 Å². The van der Waals surface area contributed by atoms with Gasteiger partial charge in [-0.3, -0.25) is 4.79 Å². The second-order valence-corrected chi connectivity index (χ2v) is 4.97. The predicted octanol–water partition coefficient (Wildman–Crippen LogP) is 1.43. The second kappa shape index (κ2) is 4.77. The number of hydrogen-bond donors (Lipinski definition) is 1. The fourth-order valence-electron chi connectivity index (χ4n) is 1.93. The number of rotatable bonds is 3. The number of amides is 1. The summed E-state index contributed by atoms with van der Waals surface area (Å²) in [6.45, 7) is 3.00. The van der Waals surface area contributed by atoms with Gasteiger partial charge in [-0.1, -0.05) is 6.07 Å². The highest BCUT2D eigenvalue weighted by Crippen LogP contribution is 2.14. The molecule has 0 bridgehead atoms. The molecule has 1 aliphatic rings. The molecule has 3 nitrogen and oxygen atoms in total. The van der Waals surface area contributed by atoms with Gasteiger partial charge in [0.2, 0.25) is 0 Å². The third kappa shape index (κ3) is 2.58. The molecule has 4 heteroatoms. The molecule has 1 aromatic rings. The zero-order valence-electron chi connectivity index (χ0n) is 8.90. The van der Waals surface area contributed by atoms with Crippen molar-refractivity contribution in [3.05, 3.63) is 22.4 Å². The summed E-state index contributed by atoms with van der Waals surface area (Å²) in [6.07, 6.45) is 1.18. The van der Waals surface area contributed by atoms with Crippen molar-refractivity contribution in [3.63, 3.8) is 0 Å². The van der Waals surface area contributed by atoms with Gasteiger partial charge in [-0.15, -0.1) is 11.3 Å². The minimum Gasteiger partial charge on any atom is -0.341 e. The van der Waals surface area contributed by atoms with Crippen LogP contribution in [0.3, 0.4) is 0 Å². The Bertz CT molecular complexity index is 317. The number of carbonyl (C=O) groups is 1. The molecule has 0 aliphatic carbocycles. The number of hydrogen-bond acceptors (Lipinski definition) is 3. The maximum atomic E-state index is 11.9. The lowest BCUT2D eigenvalue weighted by Crippen LogP contribution is -2.32. The van der Waals surface area contributed by atoms with Crippen LogP contribution in [0.15, 0.2) is 17.5 Å². The van der Waals surface area contributed by atoms with E-state index in [0.29, 0.717) is 5.92 Å². The molecular formula is C11H16N2OS. The summed E-state index contributed by atoms with van der Waals surface area (Å²) in [7, 11) is 1.89. The number of thiophene rings is 1. The first-order valence-corrected chi connectivity index (χ1v) is 6.15. The quantitative estimate of drug-likeness (QED) is 0.842. The fourth-order valence-corrected chi connectivity index (χ4v) is 2.65. The van der Waals surface area contributed by atoms with E-state index in [-0.39, 0.29) is 5.91 Å².